The van der Waals surface area contributed by atoms with Gasteiger partial charge in [0.05, 0.1) is 17.9 Å². The quantitative estimate of drug-likeness (QED) is 0.0757. The number of rotatable bonds is 9. The van der Waals surface area contributed by atoms with Gasteiger partial charge in [-0.05, 0) is 17.7 Å². The maximum atomic E-state index is 12.6. The number of thiazole rings is 1. The lowest BCUT2D eigenvalue weighted by Crippen LogP contribution is -2.71. The summed E-state index contributed by atoms with van der Waals surface area (Å²) in [7, 11) is 0. The number of nitrogens with zero attached hydrogens (tertiary/aromatic N) is 2. The SMILES string of the molecule is C=C=C(C(=O)N[C@@H]1C(=O)N[C@@H]1CNC(=O)c1ccc(CNC(=O)c2cc(=O)c(O)cn2O)cc1)c1csc(N)n1. The fourth-order valence-corrected chi connectivity index (χ4v) is 4.27. The molecule has 2 aromatic heterocycles. The Labute approximate surface area is 229 Å². The summed E-state index contributed by atoms with van der Waals surface area (Å²) in [5.41, 5.74) is 8.20. The molecule has 0 spiro atoms. The number of nitrogens with one attached hydrogen (secondary N) is 4. The van der Waals surface area contributed by atoms with Crippen LogP contribution in [0.25, 0.3) is 5.57 Å². The van der Waals surface area contributed by atoms with Crippen LogP contribution in [0, 0.1) is 0 Å². The molecule has 15 heteroatoms. The third-order valence-electron chi connectivity index (χ3n) is 5.88. The number of hydrogen-bond acceptors (Lipinski definition) is 10. The predicted molar refractivity (Wildman–Crippen MR) is 142 cm³/mol. The number of amides is 4. The second-order valence-electron chi connectivity index (χ2n) is 8.53. The second-order valence-corrected chi connectivity index (χ2v) is 9.42. The molecular weight excluding hydrogens is 542 g/mol. The molecule has 0 aliphatic carbocycles. The van der Waals surface area contributed by atoms with Gasteiger partial charge in [0.15, 0.2) is 10.9 Å². The fourth-order valence-electron chi connectivity index (χ4n) is 3.71. The van der Waals surface area contributed by atoms with Gasteiger partial charge >= 0.3 is 0 Å². The third-order valence-corrected chi connectivity index (χ3v) is 6.55. The molecule has 8 N–H and O–H groups in total. The Bertz CT molecular complexity index is 1610. The van der Waals surface area contributed by atoms with E-state index in [1.165, 1.54) is 12.1 Å². The van der Waals surface area contributed by atoms with Crippen molar-refractivity contribution in [3.8, 4) is 5.75 Å². The van der Waals surface area contributed by atoms with Gasteiger partial charge in [0.2, 0.25) is 11.3 Å². The van der Waals surface area contributed by atoms with E-state index in [0.717, 1.165) is 17.4 Å². The van der Waals surface area contributed by atoms with Crippen LogP contribution >= 0.6 is 11.3 Å². The first kappa shape index (κ1) is 27.6. The summed E-state index contributed by atoms with van der Waals surface area (Å²) in [4.78, 5) is 65.1. The summed E-state index contributed by atoms with van der Waals surface area (Å²) in [5.74, 6) is -2.90. The third kappa shape index (κ3) is 6.01. The normalized spacial score (nSPS) is 15.7. The number of nitrogen functional groups attached to an aromatic ring is 1. The molecule has 4 amide bonds. The molecule has 2 atom stereocenters. The van der Waals surface area contributed by atoms with Gasteiger partial charge in [-0.1, -0.05) is 18.7 Å². The van der Waals surface area contributed by atoms with Gasteiger partial charge in [-0.2, -0.15) is 4.73 Å². The number of benzene rings is 1. The average molecular weight is 566 g/mol. The van der Waals surface area contributed by atoms with Gasteiger partial charge in [-0.15, -0.1) is 17.1 Å². The minimum atomic E-state index is -0.887. The van der Waals surface area contributed by atoms with Gasteiger partial charge in [-0.3, -0.25) is 24.0 Å². The van der Waals surface area contributed by atoms with E-state index < -0.39 is 46.9 Å². The fraction of sp³-hybridized carbons (Fsp3) is 0.160. The molecule has 1 saturated heterocycles. The lowest BCUT2D eigenvalue weighted by molar-refractivity contribution is -0.134. The number of aromatic hydroxyl groups is 1. The molecule has 3 heterocycles. The van der Waals surface area contributed by atoms with Gasteiger partial charge in [0.25, 0.3) is 17.7 Å². The summed E-state index contributed by atoms with van der Waals surface area (Å²) < 4.78 is 0.340. The number of carbonyl (C=O) groups is 4. The zero-order valence-corrected chi connectivity index (χ0v) is 21.4. The van der Waals surface area contributed by atoms with Crippen LogP contribution in [0.2, 0.25) is 0 Å². The van der Waals surface area contributed by atoms with Crippen LogP contribution < -0.4 is 32.4 Å². The summed E-state index contributed by atoms with van der Waals surface area (Å²) in [6, 6.07) is 5.61. The Kier molecular flexibility index (Phi) is 7.98. The molecule has 1 fully saturated rings. The van der Waals surface area contributed by atoms with Crippen LogP contribution in [0.3, 0.4) is 0 Å². The number of carbonyl (C=O) groups excluding carboxylic acids is 4. The van der Waals surface area contributed by atoms with Crippen LogP contribution in [-0.4, -0.2) is 62.3 Å². The molecule has 14 nitrogen and oxygen atoms in total. The zero-order chi connectivity index (χ0) is 29.0. The summed E-state index contributed by atoms with van der Waals surface area (Å²) in [5, 5.41) is 31.3. The molecule has 3 aromatic rings. The maximum absolute atomic E-state index is 12.6. The molecule has 40 heavy (non-hydrogen) atoms. The Morgan fingerprint density at radius 1 is 1.18 bits per heavy atom. The number of hydrogen-bond donors (Lipinski definition) is 7. The lowest BCUT2D eigenvalue weighted by atomic mass is 9.98. The van der Waals surface area contributed by atoms with Crippen molar-refractivity contribution in [2.75, 3.05) is 12.3 Å². The molecule has 0 radical (unpaired) electrons. The Morgan fingerprint density at radius 2 is 1.90 bits per heavy atom. The Balaban J connectivity index is 1.28. The van der Waals surface area contributed by atoms with E-state index in [1.54, 1.807) is 17.5 Å². The van der Waals surface area contributed by atoms with E-state index in [0.29, 0.717) is 22.1 Å². The predicted octanol–water partition coefficient (Wildman–Crippen LogP) is -0.659. The van der Waals surface area contributed by atoms with Crippen LogP contribution in [0.4, 0.5) is 5.13 Å². The van der Waals surface area contributed by atoms with E-state index in [9.17, 15) is 34.3 Å². The number of β-lactam (4-membered cyclic amide) rings is 1. The van der Waals surface area contributed by atoms with Gasteiger partial charge in [-0.25, -0.2) is 4.98 Å². The number of aromatic nitrogens is 2. The van der Waals surface area contributed by atoms with Crippen molar-refractivity contribution in [1.82, 2.24) is 31.0 Å². The van der Waals surface area contributed by atoms with Crippen LogP contribution in [0.15, 0.2) is 59.0 Å². The molecule has 0 bridgehead atoms. The molecule has 1 aliphatic rings. The monoisotopic (exact) mass is 565 g/mol. The highest BCUT2D eigenvalue weighted by Gasteiger charge is 2.41. The van der Waals surface area contributed by atoms with E-state index in [-0.39, 0.29) is 35.2 Å². The van der Waals surface area contributed by atoms with Crippen molar-refractivity contribution in [2.24, 2.45) is 0 Å². The van der Waals surface area contributed by atoms with E-state index in [2.05, 4.69) is 38.6 Å². The highest BCUT2D eigenvalue weighted by molar-refractivity contribution is 7.13. The number of anilines is 1. The van der Waals surface area contributed by atoms with Crippen molar-refractivity contribution in [3.63, 3.8) is 0 Å². The first-order valence-corrected chi connectivity index (χ1v) is 12.5. The summed E-state index contributed by atoms with van der Waals surface area (Å²) in [6.45, 7) is 3.56. The highest BCUT2D eigenvalue weighted by Crippen LogP contribution is 2.19. The Hall–Kier alpha value is -5.40. The Morgan fingerprint density at radius 3 is 2.52 bits per heavy atom. The number of nitrogens with two attached hydrogens (primary N) is 1. The summed E-state index contributed by atoms with van der Waals surface area (Å²) >= 11 is 1.14. The molecule has 4 rings (SSSR count). The first-order chi connectivity index (χ1) is 19.1. The molecule has 1 aromatic carbocycles. The van der Waals surface area contributed by atoms with Crippen LogP contribution in [-0.2, 0) is 16.1 Å². The lowest BCUT2D eigenvalue weighted by Gasteiger charge is -2.37. The van der Waals surface area contributed by atoms with Crippen molar-refractivity contribution in [2.45, 2.75) is 18.6 Å². The zero-order valence-electron chi connectivity index (χ0n) is 20.6. The number of pyridine rings is 1. The second kappa shape index (κ2) is 11.6. The smallest absolute Gasteiger partial charge is 0.271 e. The molecule has 0 saturated carbocycles. The first-order valence-electron chi connectivity index (χ1n) is 11.6. The minimum Gasteiger partial charge on any atom is -0.503 e. The van der Waals surface area contributed by atoms with Crippen molar-refractivity contribution in [3.05, 3.63) is 87.0 Å². The van der Waals surface area contributed by atoms with Gasteiger partial charge in [0.1, 0.15) is 17.3 Å². The standard InChI is InChI=1S/C25H23N7O7S/c1-2-14(16-11-40-25(26)30-16)22(36)31-20-15(29-24(20)38)9-28-21(35)13-5-3-12(4-6-13)8-27-23(37)17-7-18(33)19(34)10-32(17)39/h3-7,10-11,15,20,34,39H,1,8-9H2,(H2,26,30)(H,27,37)(H,28,35)(H,29,38)(H,31,36)/t15-,20+/m1/s1. The van der Waals surface area contributed by atoms with Gasteiger partial charge < -0.3 is 37.3 Å². The maximum Gasteiger partial charge on any atom is 0.271 e. The van der Waals surface area contributed by atoms with E-state index >= 15 is 0 Å². The largest absolute Gasteiger partial charge is 0.503 e. The van der Waals surface area contributed by atoms with Crippen molar-refractivity contribution in [1.29, 1.82) is 0 Å². The van der Waals surface area contributed by atoms with Gasteiger partial charge in [0, 0.05) is 30.1 Å². The molecule has 1 aliphatic heterocycles. The van der Waals surface area contributed by atoms with Crippen LogP contribution in [0.5, 0.6) is 5.75 Å². The van der Waals surface area contributed by atoms with E-state index in [1.807, 2.05) is 0 Å². The highest BCUT2D eigenvalue weighted by atomic mass is 32.1. The van der Waals surface area contributed by atoms with Crippen molar-refractivity contribution >= 4 is 45.7 Å². The van der Waals surface area contributed by atoms with E-state index in [4.69, 9.17) is 5.73 Å². The average Bonchev–Trinajstić information content (AvgIpc) is 3.36. The minimum absolute atomic E-state index is 0.0277. The molecular formula is C25H23N7O7S. The van der Waals surface area contributed by atoms with Crippen molar-refractivity contribution < 1.29 is 29.5 Å². The van der Waals surface area contributed by atoms with Crippen LogP contribution in [0.1, 0.15) is 32.1 Å². The summed E-state index contributed by atoms with van der Waals surface area (Å²) in [6.07, 6.45) is 0.713. The molecule has 206 valence electrons. The topological polar surface area (TPSA) is 218 Å². The molecule has 0 unspecified atom stereocenters.